The molecule has 134 valence electrons. The van der Waals surface area contributed by atoms with Crippen molar-refractivity contribution in [1.29, 1.82) is 0 Å². The molecule has 0 saturated heterocycles. The number of hydrogen-bond donors (Lipinski definition) is 1. The van der Waals surface area contributed by atoms with Crippen LogP contribution < -0.4 is 0 Å². The van der Waals surface area contributed by atoms with Crippen LogP contribution in [0.4, 0.5) is 13.2 Å². The van der Waals surface area contributed by atoms with Crippen LogP contribution in [0.15, 0.2) is 60.7 Å². The zero-order valence-corrected chi connectivity index (χ0v) is 14.4. The minimum Gasteiger partial charge on any atom is -0.360 e. The van der Waals surface area contributed by atoms with Crippen LogP contribution in [0.2, 0.25) is 0 Å². The summed E-state index contributed by atoms with van der Waals surface area (Å²) >= 11 is 0. The average Bonchev–Trinajstić information content (AvgIpc) is 3.09. The fourth-order valence-electron chi connectivity index (χ4n) is 3.85. The van der Waals surface area contributed by atoms with E-state index in [0.29, 0.717) is 22.3 Å². The molecule has 3 aromatic rings. The maximum absolute atomic E-state index is 13.9. The molecule has 0 radical (unpaired) electrons. The minimum atomic E-state index is -4.84. The molecular weight excluding hydrogens is 339 g/mol. The number of alkyl halides is 3. The number of benzene rings is 2. The third-order valence-corrected chi connectivity index (χ3v) is 4.93. The summed E-state index contributed by atoms with van der Waals surface area (Å²) in [6.07, 6.45) is -3.90. The Morgan fingerprint density at radius 3 is 2.19 bits per heavy atom. The zero-order valence-electron chi connectivity index (χ0n) is 14.4. The van der Waals surface area contributed by atoms with E-state index in [1.54, 1.807) is 36.4 Å². The molecule has 1 unspecified atom stereocenters. The highest BCUT2D eigenvalue weighted by atomic mass is 19.4. The Morgan fingerprint density at radius 1 is 0.962 bits per heavy atom. The topological polar surface area (TPSA) is 25.2 Å². The summed E-state index contributed by atoms with van der Waals surface area (Å²) in [5.74, 6) is -0.00107. The van der Waals surface area contributed by atoms with Gasteiger partial charge in [-0.05, 0) is 29.2 Å². The number of hydrogen-bond acceptors (Lipinski definition) is 1. The smallest absolute Gasteiger partial charge is 0.360 e. The first kappa shape index (κ1) is 16.9. The molecule has 0 bridgehead atoms. The number of rotatable bonds is 2. The third kappa shape index (κ3) is 2.16. The summed E-state index contributed by atoms with van der Waals surface area (Å²) in [7, 11) is 0. The van der Waals surface area contributed by atoms with Crippen LogP contribution in [0.3, 0.4) is 0 Å². The summed E-state index contributed by atoms with van der Waals surface area (Å²) in [5, 5.41) is 11.5. The summed E-state index contributed by atoms with van der Waals surface area (Å²) in [6.45, 7) is 3.91. The van der Waals surface area contributed by atoms with Gasteiger partial charge in [-0.25, -0.2) is 0 Å². The normalized spacial score (nSPS) is 19.9. The molecule has 1 atom stereocenters. The van der Waals surface area contributed by atoms with Gasteiger partial charge in [-0.15, -0.1) is 0 Å². The van der Waals surface area contributed by atoms with Crippen LogP contribution in [0.1, 0.15) is 36.6 Å². The second-order valence-corrected chi connectivity index (χ2v) is 6.92. The van der Waals surface area contributed by atoms with Crippen LogP contribution in [0.25, 0.3) is 16.5 Å². The van der Waals surface area contributed by atoms with Gasteiger partial charge in [0.25, 0.3) is 5.72 Å². The average molecular weight is 357 g/mol. The van der Waals surface area contributed by atoms with Crippen molar-refractivity contribution in [2.24, 2.45) is 0 Å². The molecule has 0 fully saturated rings. The van der Waals surface area contributed by atoms with Crippen molar-refractivity contribution in [2.45, 2.75) is 31.7 Å². The third-order valence-electron chi connectivity index (χ3n) is 4.93. The molecule has 4 rings (SSSR count). The van der Waals surface area contributed by atoms with Crippen molar-refractivity contribution in [1.82, 2.24) is 4.57 Å². The predicted octanol–water partition coefficient (Wildman–Crippen LogP) is 5.42. The Balaban J connectivity index is 2.16. The maximum atomic E-state index is 13.9. The van der Waals surface area contributed by atoms with Gasteiger partial charge < -0.3 is 9.67 Å². The van der Waals surface area contributed by atoms with Crippen LogP contribution in [0, 0.1) is 0 Å². The molecule has 0 amide bonds. The number of aliphatic hydroxyl groups is 1. The van der Waals surface area contributed by atoms with E-state index < -0.39 is 11.9 Å². The highest BCUT2D eigenvalue weighted by Crippen LogP contribution is 2.51. The molecule has 1 N–H and O–H groups in total. The van der Waals surface area contributed by atoms with Gasteiger partial charge in [0, 0.05) is 11.0 Å². The van der Waals surface area contributed by atoms with E-state index in [0.717, 1.165) is 21.6 Å². The molecule has 0 spiro atoms. The van der Waals surface area contributed by atoms with Crippen molar-refractivity contribution in [3.8, 4) is 0 Å². The molecule has 1 aliphatic rings. The lowest BCUT2D eigenvalue weighted by atomic mass is 9.93. The highest BCUT2D eigenvalue weighted by molar-refractivity contribution is 5.96. The Bertz CT molecular complexity index is 1010. The van der Waals surface area contributed by atoms with Gasteiger partial charge in [0.15, 0.2) is 0 Å². The first-order valence-corrected chi connectivity index (χ1v) is 8.47. The Kier molecular flexibility index (Phi) is 3.57. The molecule has 0 saturated carbocycles. The Labute approximate surface area is 149 Å². The molecule has 0 aliphatic carbocycles. The van der Waals surface area contributed by atoms with E-state index in [9.17, 15) is 18.3 Å². The molecule has 5 heteroatoms. The highest BCUT2D eigenvalue weighted by Gasteiger charge is 2.58. The van der Waals surface area contributed by atoms with E-state index in [4.69, 9.17) is 0 Å². The predicted molar refractivity (Wildman–Crippen MR) is 95.8 cm³/mol. The lowest BCUT2D eigenvalue weighted by Gasteiger charge is -2.27. The SMILES string of the molecule is CC(C)c1c2n(c3ccccc13)C(O)(C(F)(F)F)C=C2c1ccccc1. The maximum Gasteiger partial charge on any atom is 0.441 e. The largest absolute Gasteiger partial charge is 0.441 e. The molecule has 1 aromatic heterocycles. The molecule has 2 heterocycles. The van der Waals surface area contributed by atoms with Crippen LogP contribution in [-0.4, -0.2) is 15.8 Å². The van der Waals surface area contributed by atoms with Crippen molar-refractivity contribution < 1.29 is 18.3 Å². The van der Waals surface area contributed by atoms with Crippen molar-refractivity contribution in [2.75, 3.05) is 0 Å². The summed E-state index contributed by atoms with van der Waals surface area (Å²) in [6, 6.07) is 15.8. The minimum absolute atomic E-state index is 0.00107. The number of nitrogens with zero attached hydrogens (tertiary/aromatic N) is 1. The second-order valence-electron chi connectivity index (χ2n) is 6.92. The Morgan fingerprint density at radius 2 is 1.58 bits per heavy atom. The van der Waals surface area contributed by atoms with Crippen molar-refractivity contribution in [3.05, 3.63) is 77.5 Å². The first-order valence-electron chi connectivity index (χ1n) is 8.47. The molecular formula is C21H18F3NO. The van der Waals surface area contributed by atoms with Crippen LogP contribution >= 0.6 is 0 Å². The lowest BCUT2D eigenvalue weighted by molar-refractivity contribution is -0.272. The molecule has 2 aromatic carbocycles. The fourth-order valence-corrected chi connectivity index (χ4v) is 3.85. The summed E-state index contributed by atoms with van der Waals surface area (Å²) in [5.41, 5.74) is -0.375. The van der Waals surface area contributed by atoms with Gasteiger partial charge in [-0.2, -0.15) is 13.2 Å². The monoisotopic (exact) mass is 357 g/mol. The summed E-state index contributed by atoms with van der Waals surface area (Å²) in [4.78, 5) is 0. The molecule has 26 heavy (non-hydrogen) atoms. The van der Waals surface area contributed by atoms with Crippen molar-refractivity contribution >= 4 is 16.5 Å². The van der Waals surface area contributed by atoms with Gasteiger partial charge in [0.05, 0.1) is 11.2 Å². The van der Waals surface area contributed by atoms with Crippen molar-refractivity contribution in [3.63, 3.8) is 0 Å². The van der Waals surface area contributed by atoms with E-state index in [1.807, 2.05) is 32.0 Å². The Hall–Kier alpha value is -2.53. The van der Waals surface area contributed by atoms with E-state index >= 15 is 0 Å². The number of aromatic nitrogens is 1. The number of para-hydroxylation sites is 1. The molecule has 1 aliphatic heterocycles. The zero-order chi connectivity index (χ0) is 18.7. The van der Waals surface area contributed by atoms with E-state index in [-0.39, 0.29) is 5.92 Å². The van der Waals surface area contributed by atoms with Gasteiger partial charge in [0.1, 0.15) is 0 Å². The van der Waals surface area contributed by atoms with Crippen LogP contribution in [0.5, 0.6) is 0 Å². The summed E-state index contributed by atoms with van der Waals surface area (Å²) < 4.78 is 42.8. The van der Waals surface area contributed by atoms with Gasteiger partial charge in [0.2, 0.25) is 0 Å². The quantitative estimate of drug-likeness (QED) is 0.651. The molecule has 2 nitrogen and oxygen atoms in total. The fraction of sp³-hybridized carbons (Fsp3) is 0.238. The number of fused-ring (bicyclic) bond motifs is 3. The standard InChI is InChI=1S/C21H18F3NO/c1-13(2)18-15-10-6-7-11-17(15)25-19(18)16(14-8-4-3-5-9-14)12-20(25,26)21(22,23)24/h3-13,26H,1-2H3. The van der Waals surface area contributed by atoms with E-state index in [2.05, 4.69) is 0 Å². The van der Waals surface area contributed by atoms with Gasteiger partial charge in [-0.3, -0.25) is 0 Å². The van der Waals surface area contributed by atoms with Gasteiger partial charge >= 0.3 is 6.18 Å². The van der Waals surface area contributed by atoms with Crippen LogP contribution in [-0.2, 0) is 5.72 Å². The lowest BCUT2D eigenvalue weighted by Crippen LogP contribution is -2.44. The van der Waals surface area contributed by atoms with E-state index in [1.165, 1.54) is 0 Å². The van der Waals surface area contributed by atoms with Gasteiger partial charge in [-0.1, -0.05) is 62.4 Å². The first-order chi connectivity index (χ1) is 12.3. The number of halogens is 3. The second kappa shape index (κ2) is 5.48.